The van der Waals surface area contributed by atoms with Gasteiger partial charge in [-0.05, 0) is 37.7 Å². The zero-order valence-corrected chi connectivity index (χ0v) is 14.7. The van der Waals surface area contributed by atoms with Crippen LogP contribution in [0.2, 0.25) is 0 Å². The summed E-state index contributed by atoms with van der Waals surface area (Å²) in [5.41, 5.74) is 8.23. The third-order valence-electron chi connectivity index (χ3n) is 3.73. The van der Waals surface area contributed by atoms with E-state index in [-0.39, 0.29) is 5.91 Å². The topological polar surface area (TPSA) is 58.4 Å². The van der Waals surface area contributed by atoms with E-state index in [0.717, 1.165) is 25.1 Å². The lowest BCUT2D eigenvalue weighted by molar-refractivity contribution is 0.0952. The van der Waals surface area contributed by atoms with Gasteiger partial charge in [0.05, 0.1) is 0 Å². The number of carbonyl (C=O) groups excluding carboxylic acids is 1. The van der Waals surface area contributed by atoms with E-state index in [4.69, 9.17) is 18.0 Å². The van der Waals surface area contributed by atoms with Crippen molar-refractivity contribution >= 4 is 23.1 Å². The third kappa shape index (κ3) is 5.76. The number of thiocarbonyl (C=S) groups is 1. The van der Waals surface area contributed by atoms with Gasteiger partial charge in [-0.2, -0.15) is 0 Å². The van der Waals surface area contributed by atoms with E-state index in [9.17, 15) is 4.79 Å². The van der Waals surface area contributed by atoms with Crippen LogP contribution in [-0.4, -0.2) is 35.9 Å². The minimum atomic E-state index is -0.0739. The van der Waals surface area contributed by atoms with Gasteiger partial charge < -0.3 is 16.0 Å². The highest BCUT2D eigenvalue weighted by molar-refractivity contribution is 7.80. The van der Waals surface area contributed by atoms with Crippen molar-refractivity contribution in [2.45, 2.75) is 13.0 Å². The number of nitrogens with two attached hydrogens (primary N) is 1. The zero-order chi connectivity index (χ0) is 17.4. The van der Waals surface area contributed by atoms with Crippen molar-refractivity contribution < 1.29 is 4.79 Å². The molecule has 0 saturated heterocycles. The predicted molar refractivity (Wildman–Crippen MR) is 102 cm³/mol. The molecule has 5 heteroatoms. The molecule has 0 aliphatic carbocycles. The number of rotatable bonds is 8. The highest BCUT2D eigenvalue weighted by atomic mass is 32.1. The number of nitrogens with one attached hydrogen (secondary N) is 1. The summed E-state index contributed by atoms with van der Waals surface area (Å²) in [6.45, 7) is 2.49. The monoisotopic (exact) mass is 341 g/mol. The van der Waals surface area contributed by atoms with Crippen LogP contribution in [0.15, 0.2) is 54.6 Å². The van der Waals surface area contributed by atoms with Gasteiger partial charge in [0.15, 0.2) is 0 Å². The number of nitrogens with zero attached hydrogens (tertiary/aromatic N) is 1. The normalized spacial score (nSPS) is 10.6. The first-order valence-corrected chi connectivity index (χ1v) is 8.37. The van der Waals surface area contributed by atoms with Gasteiger partial charge in [0.25, 0.3) is 5.91 Å². The first-order chi connectivity index (χ1) is 11.6. The minimum absolute atomic E-state index is 0.0739. The second kappa shape index (κ2) is 9.15. The summed E-state index contributed by atoms with van der Waals surface area (Å²) in [6, 6.07) is 17.4. The Morgan fingerprint density at radius 2 is 1.71 bits per heavy atom. The molecule has 0 atom stereocenters. The molecule has 2 aromatic carbocycles. The number of hydrogen-bond donors (Lipinski definition) is 2. The first kappa shape index (κ1) is 18.1. The molecule has 0 radical (unpaired) electrons. The Hall–Kier alpha value is -2.24. The van der Waals surface area contributed by atoms with Crippen LogP contribution in [0.3, 0.4) is 0 Å². The summed E-state index contributed by atoms with van der Waals surface area (Å²) >= 11 is 4.90. The van der Waals surface area contributed by atoms with Gasteiger partial charge in [-0.1, -0.05) is 54.7 Å². The molecule has 0 aromatic heterocycles. The van der Waals surface area contributed by atoms with Crippen LogP contribution in [0.5, 0.6) is 0 Å². The fourth-order valence-electron chi connectivity index (χ4n) is 2.41. The molecule has 2 rings (SSSR count). The van der Waals surface area contributed by atoms with Gasteiger partial charge >= 0.3 is 0 Å². The first-order valence-electron chi connectivity index (χ1n) is 7.97. The number of benzene rings is 2. The van der Waals surface area contributed by atoms with Gasteiger partial charge in [-0.25, -0.2) is 0 Å². The van der Waals surface area contributed by atoms with Crippen LogP contribution in [0, 0.1) is 0 Å². The van der Waals surface area contributed by atoms with Gasteiger partial charge in [0, 0.05) is 24.2 Å². The molecule has 4 nitrogen and oxygen atoms in total. The van der Waals surface area contributed by atoms with Gasteiger partial charge in [0.1, 0.15) is 4.99 Å². The van der Waals surface area contributed by atoms with E-state index in [1.54, 1.807) is 24.3 Å². The fraction of sp³-hybridized carbons (Fsp3) is 0.263. The van der Waals surface area contributed by atoms with Crippen LogP contribution >= 0.6 is 12.2 Å². The molecule has 0 aliphatic rings. The van der Waals surface area contributed by atoms with E-state index in [1.807, 2.05) is 18.2 Å². The fourth-order valence-corrected chi connectivity index (χ4v) is 2.55. The molecular formula is C19H23N3OS. The predicted octanol–water partition coefficient (Wildman–Crippen LogP) is 2.57. The molecule has 1 amide bonds. The second-order valence-electron chi connectivity index (χ2n) is 5.77. The molecule has 0 saturated carbocycles. The van der Waals surface area contributed by atoms with Crippen molar-refractivity contribution in [1.82, 2.24) is 10.2 Å². The highest BCUT2D eigenvalue weighted by Crippen LogP contribution is 2.05. The highest BCUT2D eigenvalue weighted by Gasteiger charge is 2.06. The molecule has 24 heavy (non-hydrogen) atoms. The Labute approximate surface area is 148 Å². The average molecular weight is 341 g/mol. The zero-order valence-electron chi connectivity index (χ0n) is 13.9. The maximum Gasteiger partial charge on any atom is 0.251 e. The van der Waals surface area contributed by atoms with Crippen molar-refractivity contribution in [3.8, 4) is 0 Å². The van der Waals surface area contributed by atoms with Crippen LogP contribution in [0.1, 0.15) is 27.9 Å². The maximum atomic E-state index is 12.1. The smallest absolute Gasteiger partial charge is 0.251 e. The van der Waals surface area contributed by atoms with Crippen LogP contribution in [-0.2, 0) is 6.54 Å². The maximum absolute atomic E-state index is 12.1. The van der Waals surface area contributed by atoms with Crippen molar-refractivity contribution in [3.63, 3.8) is 0 Å². The Balaban J connectivity index is 1.69. The summed E-state index contributed by atoms with van der Waals surface area (Å²) in [5.74, 6) is -0.0739. The average Bonchev–Trinajstić information content (AvgIpc) is 2.59. The lowest BCUT2D eigenvalue weighted by atomic mass is 10.1. The standard InChI is InChI=1S/C19H23N3OS/c1-22(14-15-6-3-2-4-7-15)13-5-12-21-19(23)17-10-8-16(9-11-17)18(20)24/h2-4,6-11H,5,12-14H2,1H3,(H2,20,24)(H,21,23). The molecule has 0 heterocycles. The number of carbonyl (C=O) groups is 1. The third-order valence-corrected chi connectivity index (χ3v) is 3.96. The van der Waals surface area contributed by atoms with E-state index >= 15 is 0 Å². The Bertz CT molecular complexity index is 671. The summed E-state index contributed by atoms with van der Waals surface area (Å²) < 4.78 is 0. The van der Waals surface area contributed by atoms with E-state index in [1.165, 1.54) is 5.56 Å². The van der Waals surface area contributed by atoms with Crippen molar-refractivity contribution in [3.05, 3.63) is 71.3 Å². The van der Waals surface area contributed by atoms with E-state index in [0.29, 0.717) is 17.1 Å². The lowest BCUT2D eigenvalue weighted by Gasteiger charge is -2.16. The van der Waals surface area contributed by atoms with Crippen molar-refractivity contribution in [1.29, 1.82) is 0 Å². The lowest BCUT2D eigenvalue weighted by Crippen LogP contribution is -2.28. The minimum Gasteiger partial charge on any atom is -0.389 e. The summed E-state index contributed by atoms with van der Waals surface area (Å²) in [7, 11) is 2.09. The van der Waals surface area contributed by atoms with Crippen molar-refractivity contribution in [2.75, 3.05) is 20.1 Å². The quantitative estimate of drug-likeness (QED) is 0.572. The van der Waals surface area contributed by atoms with Crippen molar-refractivity contribution in [2.24, 2.45) is 5.73 Å². The van der Waals surface area contributed by atoms with E-state index < -0.39 is 0 Å². The van der Waals surface area contributed by atoms with E-state index in [2.05, 4.69) is 29.4 Å². The Morgan fingerprint density at radius 1 is 1.08 bits per heavy atom. The van der Waals surface area contributed by atoms with Crippen LogP contribution < -0.4 is 11.1 Å². The summed E-state index contributed by atoms with van der Waals surface area (Å²) in [4.78, 5) is 14.7. The molecule has 126 valence electrons. The second-order valence-corrected chi connectivity index (χ2v) is 6.21. The molecule has 2 aromatic rings. The van der Waals surface area contributed by atoms with Gasteiger partial charge in [0.2, 0.25) is 0 Å². The molecule has 0 unspecified atom stereocenters. The largest absolute Gasteiger partial charge is 0.389 e. The Kier molecular flexibility index (Phi) is 6.90. The van der Waals surface area contributed by atoms with Gasteiger partial charge in [-0.15, -0.1) is 0 Å². The molecule has 3 N–H and O–H groups in total. The van der Waals surface area contributed by atoms with Crippen LogP contribution in [0.25, 0.3) is 0 Å². The number of amides is 1. The summed E-state index contributed by atoms with van der Waals surface area (Å²) in [6.07, 6.45) is 0.903. The molecule has 0 spiro atoms. The molecular weight excluding hydrogens is 318 g/mol. The number of hydrogen-bond acceptors (Lipinski definition) is 3. The Morgan fingerprint density at radius 3 is 2.33 bits per heavy atom. The summed E-state index contributed by atoms with van der Waals surface area (Å²) in [5, 5.41) is 2.94. The molecule has 0 bridgehead atoms. The van der Waals surface area contributed by atoms with Crippen LogP contribution in [0.4, 0.5) is 0 Å². The van der Waals surface area contributed by atoms with Gasteiger partial charge in [-0.3, -0.25) is 4.79 Å². The molecule has 0 fully saturated rings. The molecule has 0 aliphatic heterocycles. The SMILES string of the molecule is CN(CCCNC(=O)c1ccc(C(N)=S)cc1)Cc1ccccc1.